The van der Waals surface area contributed by atoms with Gasteiger partial charge in [-0.3, -0.25) is 0 Å². The lowest BCUT2D eigenvalue weighted by molar-refractivity contribution is 0.643. The number of benzene rings is 2. The van der Waals surface area contributed by atoms with Crippen LogP contribution in [0.15, 0.2) is 54.6 Å². The summed E-state index contributed by atoms with van der Waals surface area (Å²) >= 11 is 1.88. The van der Waals surface area contributed by atoms with Crippen molar-refractivity contribution in [2.45, 2.75) is 19.9 Å². The van der Waals surface area contributed by atoms with E-state index in [0.717, 1.165) is 6.54 Å². The van der Waals surface area contributed by atoms with Crippen molar-refractivity contribution >= 4 is 22.1 Å². The second kappa shape index (κ2) is 5.78. The SMILES string of the molecule is CCNC(c1ccc(C)s1)c1cccc2ccccc12. The molecule has 0 radical (unpaired) electrons. The molecule has 1 heterocycles. The van der Waals surface area contributed by atoms with Gasteiger partial charge in [-0.05, 0) is 41.9 Å². The van der Waals surface area contributed by atoms with E-state index in [0.29, 0.717) is 0 Å². The zero-order chi connectivity index (χ0) is 13.9. The Morgan fingerprint density at radius 1 is 1.00 bits per heavy atom. The average molecular weight is 281 g/mol. The summed E-state index contributed by atoms with van der Waals surface area (Å²) in [6.07, 6.45) is 0. The molecule has 3 aromatic rings. The van der Waals surface area contributed by atoms with Gasteiger partial charge in [0.15, 0.2) is 0 Å². The second-order valence-corrected chi connectivity index (χ2v) is 6.33. The van der Waals surface area contributed by atoms with E-state index in [-0.39, 0.29) is 6.04 Å². The van der Waals surface area contributed by atoms with Gasteiger partial charge >= 0.3 is 0 Å². The lowest BCUT2D eigenvalue weighted by atomic mass is 9.97. The molecule has 3 rings (SSSR count). The molecule has 102 valence electrons. The van der Waals surface area contributed by atoms with Crippen LogP contribution in [-0.4, -0.2) is 6.54 Å². The van der Waals surface area contributed by atoms with Crippen LogP contribution in [0, 0.1) is 6.92 Å². The van der Waals surface area contributed by atoms with Crippen LogP contribution in [0.3, 0.4) is 0 Å². The molecule has 0 fully saturated rings. The Morgan fingerprint density at radius 3 is 2.55 bits per heavy atom. The summed E-state index contributed by atoms with van der Waals surface area (Å²) in [6, 6.07) is 19.9. The van der Waals surface area contributed by atoms with Crippen LogP contribution in [0.1, 0.15) is 28.3 Å². The minimum atomic E-state index is 0.282. The fourth-order valence-electron chi connectivity index (χ4n) is 2.68. The third-order valence-electron chi connectivity index (χ3n) is 3.59. The van der Waals surface area contributed by atoms with E-state index >= 15 is 0 Å². The van der Waals surface area contributed by atoms with Crippen molar-refractivity contribution < 1.29 is 0 Å². The molecular formula is C18H19NS. The predicted octanol–water partition coefficient (Wildman–Crippen LogP) is 4.91. The summed E-state index contributed by atoms with van der Waals surface area (Å²) < 4.78 is 0. The van der Waals surface area contributed by atoms with Crippen molar-refractivity contribution in [3.05, 3.63) is 69.9 Å². The van der Waals surface area contributed by atoms with Gasteiger partial charge in [0.05, 0.1) is 6.04 Å². The van der Waals surface area contributed by atoms with Gasteiger partial charge in [0, 0.05) is 9.75 Å². The molecule has 2 aromatic carbocycles. The third kappa shape index (κ3) is 2.49. The molecular weight excluding hydrogens is 262 g/mol. The van der Waals surface area contributed by atoms with Gasteiger partial charge in [-0.25, -0.2) is 0 Å². The van der Waals surface area contributed by atoms with E-state index < -0.39 is 0 Å². The van der Waals surface area contributed by atoms with Gasteiger partial charge < -0.3 is 5.32 Å². The second-order valence-electron chi connectivity index (χ2n) is 5.01. The highest BCUT2D eigenvalue weighted by Gasteiger charge is 2.16. The Morgan fingerprint density at radius 2 is 1.80 bits per heavy atom. The smallest absolute Gasteiger partial charge is 0.0677 e. The van der Waals surface area contributed by atoms with Gasteiger partial charge in [0.25, 0.3) is 0 Å². The van der Waals surface area contributed by atoms with Gasteiger partial charge in [-0.2, -0.15) is 0 Å². The summed E-state index contributed by atoms with van der Waals surface area (Å²) in [4.78, 5) is 2.75. The zero-order valence-corrected chi connectivity index (χ0v) is 12.7. The van der Waals surface area contributed by atoms with Crippen molar-refractivity contribution in [1.29, 1.82) is 0 Å². The molecule has 0 aliphatic rings. The van der Waals surface area contributed by atoms with E-state index in [9.17, 15) is 0 Å². The molecule has 0 aliphatic heterocycles. The van der Waals surface area contributed by atoms with Crippen LogP contribution < -0.4 is 5.32 Å². The predicted molar refractivity (Wildman–Crippen MR) is 88.5 cm³/mol. The number of fused-ring (bicyclic) bond motifs is 1. The van der Waals surface area contributed by atoms with E-state index in [4.69, 9.17) is 0 Å². The maximum absolute atomic E-state index is 3.63. The lowest BCUT2D eigenvalue weighted by Crippen LogP contribution is -2.21. The number of aryl methyl sites for hydroxylation is 1. The van der Waals surface area contributed by atoms with E-state index in [2.05, 4.69) is 73.8 Å². The summed E-state index contributed by atoms with van der Waals surface area (Å²) in [7, 11) is 0. The Bertz CT molecular complexity index is 709. The maximum Gasteiger partial charge on any atom is 0.0677 e. The minimum Gasteiger partial charge on any atom is -0.306 e. The molecule has 1 N–H and O–H groups in total. The summed E-state index contributed by atoms with van der Waals surface area (Å²) in [5, 5.41) is 6.28. The molecule has 0 saturated carbocycles. The van der Waals surface area contributed by atoms with E-state index in [1.807, 2.05) is 11.3 Å². The van der Waals surface area contributed by atoms with Gasteiger partial charge in [0.2, 0.25) is 0 Å². The fraction of sp³-hybridized carbons (Fsp3) is 0.222. The summed E-state index contributed by atoms with van der Waals surface area (Å²) in [5.41, 5.74) is 1.37. The number of nitrogens with one attached hydrogen (secondary N) is 1. The number of thiophene rings is 1. The number of rotatable bonds is 4. The highest BCUT2D eigenvalue weighted by atomic mass is 32.1. The van der Waals surface area contributed by atoms with Crippen molar-refractivity contribution in [1.82, 2.24) is 5.32 Å². The molecule has 0 saturated heterocycles. The molecule has 20 heavy (non-hydrogen) atoms. The topological polar surface area (TPSA) is 12.0 Å². The highest BCUT2D eigenvalue weighted by molar-refractivity contribution is 7.12. The van der Waals surface area contributed by atoms with Gasteiger partial charge in [-0.15, -0.1) is 11.3 Å². The normalized spacial score (nSPS) is 12.7. The Labute approximate surface area is 124 Å². The first kappa shape index (κ1) is 13.3. The average Bonchev–Trinajstić information content (AvgIpc) is 2.91. The largest absolute Gasteiger partial charge is 0.306 e. The van der Waals surface area contributed by atoms with Crippen LogP contribution in [-0.2, 0) is 0 Å². The van der Waals surface area contributed by atoms with Crippen LogP contribution in [0.5, 0.6) is 0 Å². The number of hydrogen-bond donors (Lipinski definition) is 1. The van der Waals surface area contributed by atoms with Crippen LogP contribution in [0.4, 0.5) is 0 Å². The molecule has 2 heteroatoms. The fourth-order valence-corrected chi connectivity index (χ4v) is 3.65. The minimum absolute atomic E-state index is 0.282. The van der Waals surface area contributed by atoms with Crippen molar-refractivity contribution in [2.75, 3.05) is 6.54 Å². The molecule has 0 aliphatic carbocycles. The number of hydrogen-bond acceptors (Lipinski definition) is 2. The first-order valence-electron chi connectivity index (χ1n) is 7.07. The monoisotopic (exact) mass is 281 g/mol. The van der Waals surface area contributed by atoms with Crippen molar-refractivity contribution in [2.24, 2.45) is 0 Å². The third-order valence-corrected chi connectivity index (χ3v) is 4.65. The standard InChI is InChI=1S/C18H19NS/c1-3-19-18(17-12-11-13(2)20-17)16-10-6-8-14-7-4-5-9-15(14)16/h4-12,18-19H,3H2,1-2H3. The lowest BCUT2D eigenvalue weighted by Gasteiger charge is -2.19. The molecule has 0 amide bonds. The summed E-state index contributed by atoms with van der Waals surface area (Å²) in [6.45, 7) is 5.30. The van der Waals surface area contributed by atoms with E-state index in [1.165, 1.54) is 26.1 Å². The molecule has 1 aromatic heterocycles. The summed E-state index contributed by atoms with van der Waals surface area (Å²) in [5.74, 6) is 0. The molecule has 1 nitrogen and oxygen atoms in total. The first-order valence-corrected chi connectivity index (χ1v) is 7.88. The Kier molecular flexibility index (Phi) is 3.86. The maximum atomic E-state index is 3.63. The Hall–Kier alpha value is -1.64. The first-order chi connectivity index (χ1) is 9.79. The van der Waals surface area contributed by atoms with Gasteiger partial charge in [-0.1, -0.05) is 49.4 Å². The Balaban J connectivity index is 2.14. The van der Waals surface area contributed by atoms with Crippen LogP contribution in [0.25, 0.3) is 10.8 Å². The van der Waals surface area contributed by atoms with Crippen LogP contribution >= 0.6 is 11.3 Å². The van der Waals surface area contributed by atoms with Crippen molar-refractivity contribution in [3.63, 3.8) is 0 Å². The molecule has 1 unspecified atom stereocenters. The van der Waals surface area contributed by atoms with E-state index in [1.54, 1.807) is 0 Å². The molecule has 1 atom stereocenters. The molecule has 0 bridgehead atoms. The molecule has 0 spiro atoms. The zero-order valence-electron chi connectivity index (χ0n) is 11.9. The highest BCUT2D eigenvalue weighted by Crippen LogP contribution is 2.32. The quantitative estimate of drug-likeness (QED) is 0.716. The van der Waals surface area contributed by atoms with Crippen LogP contribution in [0.2, 0.25) is 0 Å². The van der Waals surface area contributed by atoms with Gasteiger partial charge in [0.1, 0.15) is 0 Å². The van der Waals surface area contributed by atoms with Crippen molar-refractivity contribution in [3.8, 4) is 0 Å².